The predicted molar refractivity (Wildman–Crippen MR) is 534 cm³/mol. The second-order valence-corrected chi connectivity index (χ2v) is 64.1. The fourth-order valence-corrected chi connectivity index (χ4v) is 22.8. The molecule has 1 aromatic heterocycles. The van der Waals surface area contributed by atoms with Crippen molar-refractivity contribution in [3.05, 3.63) is 277 Å². The summed E-state index contributed by atoms with van der Waals surface area (Å²) in [4.78, 5) is 0. The van der Waals surface area contributed by atoms with Gasteiger partial charge >= 0.3 is 0 Å². The highest BCUT2D eigenvalue weighted by molar-refractivity contribution is 7.00. The van der Waals surface area contributed by atoms with Gasteiger partial charge in [0.05, 0.1) is 49.0 Å². The van der Waals surface area contributed by atoms with E-state index in [9.17, 15) is 0 Å². The summed E-state index contributed by atoms with van der Waals surface area (Å²) in [5.74, 6) is 0. The molecule has 0 saturated carbocycles. The number of hydrogen-bond donors (Lipinski definition) is 2. The lowest BCUT2D eigenvalue weighted by Gasteiger charge is -2.38. The first kappa shape index (κ1) is 81.9. The second-order valence-electron chi connectivity index (χ2n) is 43.8. The first-order valence-corrected chi connectivity index (χ1v) is 57.3. The summed E-state index contributed by atoms with van der Waals surface area (Å²) < 4.78 is 2.55. The highest BCUT2D eigenvalue weighted by Crippen LogP contribution is 2.52. The van der Waals surface area contributed by atoms with Crippen LogP contribution < -0.4 is 47.8 Å². The van der Waals surface area contributed by atoms with E-state index in [0.29, 0.717) is 0 Å². The largest absolute Gasteiger partial charge is 0.356 e. The maximum Gasteiger partial charge on any atom is 0.252 e. The van der Waals surface area contributed by atoms with Gasteiger partial charge in [0.25, 0.3) is 6.71 Å². The predicted octanol–water partition coefficient (Wildman–Crippen LogP) is 27.4. The van der Waals surface area contributed by atoms with Crippen molar-refractivity contribution < 1.29 is 0 Å². The number of nitrogens with one attached hydrogen (secondary N) is 2. The number of benzene rings is 13. The van der Waals surface area contributed by atoms with E-state index in [-0.39, 0.29) is 33.8 Å². The van der Waals surface area contributed by atoms with Gasteiger partial charge in [0.15, 0.2) is 0 Å². The number of para-hydroxylation sites is 1. The van der Waals surface area contributed by atoms with Crippen molar-refractivity contribution in [1.82, 2.24) is 4.57 Å². The van der Waals surface area contributed by atoms with E-state index in [1.54, 1.807) is 0 Å². The average molecular weight is 1610 g/mol. The summed E-state index contributed by atoms with van der Waals surface area (Å²) in [5, 5.41) is 17.4. The molecular weight excluding hydrogens is 1490 g/mol. The number of nitrogens with zero attached hydrogens (tertiary/aromatic N) is 1. The molecule has 2 N–H and O–H groups in total. The molecule has 0 saturated heterocycles. The fourth-order valence-electron chi connectivity index (χ4n) is 18.1. The average Bonchev–Trinajstić information content (AvgIpc) is 0.920. The fraction of sp³-hybridized carbons (Fsp3) is 0.291. The number of rotatable bonds is 13. The summed E-state index contributed by atoms with van der Waals surface area (Å²) in [5.41, 5.74) is 36.8. The monoisotopic (exact) mass is 1610 g/mol. The Morgan fingerprint density at radius 1 is 0.254 bits per heavy atom. The first-order valence-electron chi connectivity index (χ1n) is 43.3. The van der Waals surface area contributed by atoms with Gasteiger partial charge in [-0.1, -0.05) is 409 Å². The Morgan fingerprint density at radius 2 is 0.559 bits per heavy atom. The Bertz CT molecular complexity index is 5780. The van der Waals surface area contributed by atoms with Crippen LogP contribution in [0.15, 0.2) is 249 Å². The molecule has 0 aliphatic carbocycles. The normalized spacial score (nSPS) is 13.5. The van der Waals surface area contributed by atoms with Crippen LogP contribution in [0.4, 0.5) is 22.7 Å². The van der Waals surface area contributed by atoms with Crippen molar-refractivity contribution in [2.45, 2.75) is 209 Å². The molecular formula is C110H124BN3Si4. The summed E-state index contributed by atoms with van der Waals surface area (Å²) in [6, 6.07) is 100. The van der Waals surface area contributed by atoms with Gasteiger partial charge in [-0.05, 0) is 192 Å². The van der Waals surface area contributed by atoms with Crippen LogP contribution in [0.2, 0.25) is 78.6 Å². The molecule has 16 rings (SSSR count). The van der Waals surface area contributed by atoms with Crippen molar-refractivity contribution in [1.29, 1.82) is 0 Å². The molecule has 0 amide bonds. The molecule has 0 atom stereocenters. The van der Waals surface area contributed by atoms with Gasteiger partial charge in [0, 0.05) is 44.6 Å². The molecule has 0 fully saturated rings. The van der Waals surface area contributed by atoms with Gasteiger partial charge in [0.2, 0.25) is 0 Å². The quantitative estimate of drug-likeness (QED) is 0.113. The third kappa shape index (κ3) is 15.4. The Morgan fingerprint density at radius 3 is 0.873 bits per heavy atom. The van der Waals surface area contributed by atoms with Crippen LogP contribution >= 0.6 is 0 Å². The number of hydrogen-bond acceptors (Lipinski definition) is 2. The van der Waals surface area contributed by atoms with E-state index in [2.05, 4.69) is 446 Å². The highest BCUT2D eigenvalue weighted by Gasteiger charge is 2.43. The zero-order chi connectivity index (χ0) is 84.4. The van der Waals surface area contributed by atoms with Gasteiger partial charge in [0.1, 0.15) is 0 Å². The van der Waals surface area contributed by atoms with Crippen LogP contribution in [-0.4, -0.2) is 43.6 Å². The van der Waals surface area contributed by atoms with Crippen LogP contribution in [0.25, 0.3) is 117 Å². The van der Waals surface area contributed by atoms with Crippen molar-refractivity contribution >= 4 is 121 Å². The molecule has 0 bridgehead atoms. The van der Waals surface area contributed by atoms with Crippen molar-refractivity contribution in [2.75, 3.05) is 10.6 Å². The molecule has 3 heterocycles. The van der Waals surface area contributed by atoms with Crippen LogP contribution in [-0.2, 0) is 27.1 Å². The second kappa shape index (κ2) is 29.0. The molecule has 8 heteroatoms. The Labute approximate surface area is 711 Å². The topological polar surface area (TPSA) is 29.0 Å². The van der Waals surface area contributed by atoms with Gasteiger partial charge < -0.3 is 15.2 Å². The van der Waals surface area contributed by atoms with E-state index >= 15 is 0 Å². The first-order chi connectivity index (χ1) is 55.1. The Kier molecular flexibility index (Phi) is 20.1. The molecule has 13 aromatic carbocycles. The molecule has 0 radical (unpaired) electrons. The third-order valence-electron chi connectivity index (χ3n) is 25.6. The molecule has 14 aromatic rings. The van der Waals surface area contributed by atoms with E-state index < -0.39 is 32.3 Å². The zero-order valence-electron chi connectivity index (χ0n) is 75.7. The van der Waals surface area contributed by atoms with Gasteiger partial charge in [-0.2, -0.15) is 0 Å². The minimum Gasteiger partial charge on any atom is -0.356 e. The van der Waals surface area contributed by atoms with Crippen LogP contribution in [0.5, 0.6) is 0 Å². The summed E-state index contributed by atoms with van der Waals surface area (Å²) >= 11 is 0. The lowest BCUT2D eigenvalue weighted by atomic mass is 9.33. The van der Waals surface area contributed by atoms with Crippen molar-refractivity contribution in [3.8, 4) is 94.7 Å². The number of aromatic nitrogens is 1. The van der Waals surface area contributed by atoms with Gasteiger partial charge in [-0.25, -0.2) is 0 Å². The summed E-state index contributed by atoms with van der Waals surface area (Å²) in [7, 11) is -6.82. The number of fused-ring (bicyclic) bond motifs is 7. The lowest BCUT2D eigenvalue weighted by Crippen LogP contribution is -2.59. The molecule has 0 spiro atoms. The van der Waals surface area contributed by atoms with Crippen molar-refractivity contribution in [2.24, 2.45) is 0 Å². The maximum atomic E-state index is 4.57. The van der Waals surface area contributed by atoms with E-state index in [1.165, 1.54) is 176 Å². The summed E-state index contributed by atoms with van der Waals surface area (Å²) in [6.07, 6.45) is 0. The highest BCUT2D eigenvalue weighted by atomic mass is 28.3. The molecule has 2 aliphatic heterocycles. The number of anilines is 4. The smallest absolute Gasteiger partial charge is 0.252 e. The van der Waals surface area contributed by atoms with Crippen LogP contribution in [0.3, 0.4) is 0 Å². The third-order valence-corrected chi connectivity index (χ3v) is 33.9. The van der Waals surface area contributed by atoms with E-state index in [0.717, 1.165) is 28.4 Å². The molecule has 0 unspecified atom stereocenters. The van der Waals surface area contributed by atoms with E-state index in [4.69, 9.17) is 0 Å². The zero-order valence-corrected chi connectivity index (χ0v) is 79.7. The molecule has 598 valence electrons. The van der Waals surface area contributed by atoms with Crippen LogP contribution in [0, 0.1) is 0 Å². The van der Waals surface area contributed by atoms with Gasteiger partial charge in [-0.15, -0.1) is 0 Å². The van der Waals surface area contributed by atoms with E-state index in [1.807, 2.05) is 0 Å². The standard InChI is InChI=1S/C110H124BN3Si4/c1-106(2,3)77-46-55-100-92(66-77)91-32-28-29-37-99(91)114(100)82-67-97-103-98(68-82)113-105-94(102-89(71-42-51-85(52-43-71)117(22,23)24)35-31-36-90(102)72-44-53-86(54-45-72)118(25,26)27)61-76(74-58-80(109(10,11)12)65-81(59-74)110(13,14)15)63-96(105)111(103)95-62-75(73-56-78(107(4,5)6)64-79(57-73)108(7,8)9)60-93(104(95)112-97)101-87(69-38-47-83(48-39-69)115(16,17)18)33-30-34-88(101)70-40-49-84(50-41-70)116(19,20)21/h28-68,112-113H,1-27H3. The SMILES string of the molecule is CC(C)(C)c1cc(-c2cc3c(c(-c4c(-c5ccc([Si](C)(C)C)cc5)cccc4-c4ccc([Si](C)(C)C)cc4)c2)Nc2cc(-n4c5ccccc5c5cc(C(C)(C)C)ccc54)cc4c2B3c2cc(-c3cc(C(C)(C)C)cc(C(C)(C)C)c3)cc(-c3c(-c5ccc([Si](C)(C)C)cc5)cccc3-c3ccc([Si](C)(C)C)cc3)c2N4)cc(C(C)(C)C)c1. The summed E-state index contributed by atoms with van der Waals surface area (Å²) in [6.45, 7) is 64.9. The Balaban J connectivity index is 1.11. The van der Waals surface area contributed by atoms with Gasteiger partial charge in [-0.3, -0.25) is 0 Å². The minimum absolute atomic E-state index is 0.0542. The maximum absolute atomic E-state index is 4.57. The Hall–Kier alpha value is -9.81. The molecule has 2 aliphatic rings. The molecule has 118 heavy (non-hydrogen) atoms. The minimum atomic E-state index is -1.70. The van der Waals surface area contributed by atoms with Crippen molar-refractivity contribution in [3.63, 3.8) is 0 Å². The lowest BCUT2D eigenvalue weighted by molar-refractivity contribution is 0.568. The molecule has 3 nitrogen and oxygen atoms in total. The van der Waals surface area contributed by atoms with Crippen LogP contribution in [0.1, 0.15) is 132 Å².